The summed E-state index contributed by atoms with van der Waals surface area (Å²) < 4.78 is 26.9. The second-order valence-corrected chi connectivity index (χ2v) is 5.23. The summed E-state index contributed by atoms with van der Waals surface area (Å²) in [5, 5.41) is 3.20. The molecule has 0 aliphatic carbocycles. The van der Waals surface area contributed by atoms with Crippen LogP contribution >= 0.6 is 0 Å². The number of hydrogen-bond acceptors (Lipinski definition) is 3. The van der Waals surface area contributed by atoms with E-state index >= 15 is 0 Å². The molecule has 1 aromatic rings. The van der Waals surface area contributed by atoms with Crippen molar-refractivity contribution in [2.45, 2.75) is 19.4 Å². The highest BCUT2D eigenvalue weighted by Crippen LogP contribution is 2.23. The lowest BCUT2D eigenvalue weighted by Gasteiger charge is -2.40. The fraction of sp³-hybridized carbons (Fsp3) is 0.500. The summed E-state index contributed by atoms with van der Waals surface area (Å²) in [4.78, 5) is 14.5. The molecule has 2 rings (SSSR count). The molecule has 0 amide bonds. The molecule has 1 saturated heterocycles. The molecule has 0 spiro atoms. The van der Waals surface area contributed by atoms with Gasteiger partial charge in [-0.25, -0.2) is 8.78 Å². The number of rotatable bonds is 3. The minimum absolute atomic E-state index is 0.177. The average molecular weight is 268 g/mol. The van der Waals surface area contributed by atoms with Crippen molar-refractivity contribution < 1.29 is 13.6 Å². The number of nitrogens with zero attached hydrogens (tertiary/aromatic N) is 1. The van der Waals surface area contributed by atoms with Crippen molar-refractivity contribution in [1.29, 1.82) is 0 Å². The molecular weight excluding hydrogens is 250 g/mol. The van der Waals surface area contributed by atoms with Crippen molar-refractivity contribution in [3.8, 4) is 0 Å². The zero-order valence-corrected chi connectivity index (χ0v) is 11.2. The molecule has 1 aromatic carbocycles. The third-order valence-corrected chi connectivity index (χ3v) is 3.66. The number of halogens is 2. The molecule has 104 valence electrons. The summed E-state index contributed by atoms with van der Waals surface area (Å²) in [5.41, 5.74) is -1.01. The number of nitrogens with one attached hydrogen (secondary N) is 1. The van der Waals surface area contributed by atoms with Crippen molar-refractivity contribution in [2.75, 3.05) is 26.2 Å². The minimum atomic E-state index is -1.06. The Morgan fingerprint density at radius 2 is 1.89 bits per heavy atom. The molecule has 19 heavy (non-hydrogen) atoms. The van der Waals surface area contributed by atoms with Gasteiger partial charge in [-0.05, 0) is 26.0 Å². The van der Waals surface area contributed by atoms with Crippen molar-refractivity contribution >= 4 is 5.78 Å². The predicted molar refractivity (Wildman–Crippen MR) is 69.2 cm³/mol. The van der Waals surface area contributed by atoms with Gasteiger partial charge in [-0.1, -0.05) is 6.07 Å². The van der Waals surface area contributed by atoms with Crippen LogP contribution in [-0.4, -0.2) is 42.4 Å². The number of benzene rings is 1. The Morgan fingerprint density at radius 3 is 2.53 bits per heavy atom. The van der Waals surface area contributed by atoms with Gasteiger partial charge in [0.15, 0.2) is 17.4 Å². The van der Waals surface area contributed by atoms with E-state index in [0.29, 0.717) is 0 Å². The molecule has 1 N–H and O–H groups in total. The lowest BCUT2D eigenvalue weighted by molar-refractivity contribution is 0.0597. The van der Waals surface area contributed by atoms with Crippen LogP contribution < -0.4 is 5.32 Å². The first-order valence-corrected chi connectivity index (χ1v) is 6.39. The minimum Gasteiger partial charge on any atom is -0.314 e. The Kier molecular flexibility index (Phi) is 3.96. The summed E-state index contributed by atoms with van der Waals surface area (Å²) in [6.07, 6.45) is 0. The van der Waals surface area contributed by atoms with Gasteiger partial charge in [-0.3, -0.25) is 9.69 Å². The Bertz CT molecular complexity index is 482. The van der Waals surface area contributed by atoms with Gasteiger partial charge in [0.25, 0.3) is 0 Å². The molecule has 5 heteroatoms. The van der Waals surface area contributed by atoms with E-state index in [1.165, 1.54) is 12.1 Å². The smallest absolute Gasteiger partial charge is 0.185 e. The first-order chi connectivity index (χ1) is 8.94. The third-order valence-electron chi connectivity index (χ3n) is 3.66. The summed E-state index contributed by atoms with van der Waals surface area (Å²) in [7, 11) is 0. The second kappa shape index (κ2) is 5.35. The predicted octanol–water partition coefficient (Wildman–Crippen LogP) is 1.83. The van der Waals surface area contributed by atoms with Gasteiger partial charge >= 0.3 is 0 Å². The Balaban J connectivity index is 2.29. The molecule has 0 saturated carbocycles. The maximum atomic E-state index is 13.7. The van der Waals surface area contributed by atoms with E-state index in [1.54, 1.807) is 13.8 Å². The highest BCUT2D eigenvalue weighted by molar-refractivity contribution is 6.02. The zero-order valence-electron chi connectivity index (χ0n) is 11.2. The molecule has 0 atom stereocenters. The molecule has 0 unspecified atom stereocenters. The highest BCUT2D eigenvalue weighted by atomic mass is 19.2. The van der Waals surface area contributed by atoms with Crippen LogP contribution in [0.25, 0.3) is 0 Å². The van der Waals surface area contributed by atoms with Crippen molar-refractivity contribution in [2.24, 2.45) is 0 Å². The molecule has 1 aliphatic heterocycles. The fourth-order valence-corrected chi connectivity index (χ4v) is 2.38. The average Bonchev–Trinajstić information content (AvgIpc) is 2.42. The summed E-state index contributed by atoms with van der Waals surface area (Å²) in [6, 6.07) is 3.72. The summed E-state index contributed by atoms with van der Waals surface area (Å²) in [5.74, 6) is -2.43. The van der Waals surface area contributed by atoms with Crippen LogP contribution in [0.15, 0.2) is 18.2 Å². The van der Waals surface area contributed by atoms with Crippen LogP contribution in [-0.2, 0) is 0 Å². The molecule has 1 fully saturated rings. The third kappa shape index (κ3) is 2.67. The van der Waals surface area contributed by atoms with E-state index in [-0.39, 0.29) is 11.3 Å². The Labute approximate surface area is 111 Å². The van der Waals surface area contributed by atoms with Crippen LogP contribution in [0.4, 0.5) is 8.78 Å². The van der Waals surface area contributed by atoms with Crippen molar-refractivity contribution in [1.82, 2.24) is 10.2 Å². The summed E-state index contributed by atoms with van der Waals surface area (Å²) in [6.45, 7) is 6.53. The second-order valence-electron chi connectivity index (χ2n) is 5.23. The van der Waals surface area contributed by atoms with E-state index in [4.69, 9.17) is 0 Å². The molecule has 1 aliphatic rings. The van der Waals surface area contributed by atoms with E-state index in [1.807, 2.05) is 4.90 Å². The van der Waals surface area contributed by atoms with Crippen molar-refractivity contribution in [3.05, 3.63) is 35.4 Å². The quantitative estimate of drug-likeness (QED) is 0.849. The molecule has 3 nitrogen and oxygen atoms in total. The van der Waals surface area contributed by atoms with E-state index < -0.39 is 17.2 Å². The first kappa shape index (κ1) is 14.1. The monoisotopic (exact) mass is 268 g/mol. The molecule has 0 aromatic heterocycles. The van der Waals surface area contributed by atoms with E-state index in [9.17, 15) is 13.6 Å². The SMILES string of the molecule is CC(C)(C(=O)c1cccc(F)c1F)N1CCNCC1. The van der Waals surface area contributed by atoms with Gasteiger partial charge in [0, 0.05) is 26.2 Å². The van der Waals surface area contributed by atoms with Crippen molar-refractivity contribution in [3.63, 3.8) is 0 Å². The van der Waals surface area contributed by atoms with Crippen LogP contribution in [0.3, 0.4) is 0 Å². The maximum Gasteiger partial charge on any atom is 0.185 e. The van der Waals surface area contributed by atoms with Crippen LogP contribution in [0.2, 0.25) is 0 Å². The zero-order chi connectivity index (χ0) is 14.0. The molecule has 0 radical (unpaired) electrons. The van der Waals surface area contributed by atoms with Crippen LogP contribution in [0.1, 0.15) is 24.2 Å². The largest absolute Gasteiger partial charge is 0.314 e. The molecule has 1 heterocycles. The first-order valence-electron chi connectivity index (χ1n) is 6.39. The van der Waals surface area contributed by atoms with Gasteiger partial charge in [0.2, 0.25) is 0 Å². The van der Waals surface area contributed by atoms with Gasteiger partial charge in [0.1, 0.15) is 0 Å². The van der Waals surface area contributed by atoms with E-state index in [2.05, 4.69) is 5.32 Å². The van der Waals surface area contributed by atoms with Crippen LogP contribution in [0, 0.1) is 11.6 Å². The van der Waals surface area contributed by atoms with Gasteiger partial charge in [-0.15, -0.1) is 0 Å². The number of ketones is 1. The lowest BCUT2D eigenvalue weighted by atomic mass is 9.90. The normalized spacial score (nSPS) is 17.5. The molecular formula is C14H18F2N2O. The van der Waals surface area contributed by atoms with E-state index in [0.717, 1.165) is 32.2 Å². The van der Waals surface area contributed by atoms with Gasteiger partial charge < -0.3 is 5.32 Å². The summed E-state index contributed by atoms with van der Waals surface area (Å²) >= 11 is 0. The Hall–Kier alpha value is -1.33. The molecule has 0 bridgehead atoms. The highest BCUT2D eigenvalue weighted by Gasteiger charge is 2.37. The number of carbonyl (C=O) groups is 1. The lowest BCUT2D eigenvalue weighted by Crippen LogP contribution is -2.57. The van der Waals surface area contributed by atoms with Crippen LogP contribution in [0.5, 0.6) is 0 Å². The number of hydrogen-bond donors (Lipinski definition) is 1. The van der Waals surface area contributed by atoms with Gasteiger partial charge in [-0.2, -0.15) is 0 Å². The fourth-order valence-electron chi connectivity index (χ4n) is 2.38. The maximum absolute atomic E-state index is 13.7. The van der Waals surface area contributed by atoms with Gasteiger partial charge in [0.05, 0.1) is 11.1 Å². The number of carbonyl (C=O) groups excluding carboxylic acids is 1. The Morgan fingerprint density at radius 1 is 1.26 bits per heavy atom. The number of piperazine rings is 1. The standard InChI is InChI=1S/C14H18F2N2O/c1-14(2,18-8-6-17-7-9-18)13(19)10-4-3-5-11(15)12(10)16/h3-5,17H,6-9H2,1-2H3. The topological polar surface area (TPSA) is 32.3 Å². The number of Topliss-reactive ketones (excluding diaryl/α,β-unsaturated/α-hetero) is 1.